The number of rotatable bonds is 8. The molecule has 204 valence electrons. The molecule has 9 unspecified atom stereocenters. The predicted octanol–water partition coefficient (Wildman–Crippen LogP) is -3.29. The Hall–Kier alpha value is -1.96. The molecule has 0 amide bonds. The molecule has 19 heteroatoms. The maximum absolute atomic E-state index is 12.2. The molecule has 9 atom stereocenters. The van der Waals surface area contributed by atoms with E-state index < -0.39 is 79.4 Å². The van der Waals surface area contributed by atoms with E-state index in [-0.39, 0.29) is 11.6 Å². The smallest absolute Gasteiger partial charge is 0.351 e. The number of aliphatic hydroxyl groups excluding tert-OH is 4. The van der Waals surface area contributed by atoms with Gasteiger partial charge in [-0.25, -0.2) is 9.59 Å². The van der Waals surface area contributed by atoms with Gasteiger partial charge in [-0.1, -0.05) is 11.8 Å². The third-order valence-electron chi connectivity index (χ3n) is 5.73. The molecule has 0 spiro atoms. The van der Waals surface area contributed by atoms with E-state index in [2.05, 4.69) is 9.97 Å². The quantitative estimate of drug-likeness (QED) is 0.133. The fourth-order valence-electron chi connectivity index (χ4n) is 3.91. The first-order chi connectivity index (χ1) is 17.4. The van der Waals surface area contributed by atoms with Gasteiger partial charge >= 0.3 is 11.4 Å². The molecule has 2 aliphatic heterocycles. The standard InChI is InChI=1S/C18H25N6O10PS2/c19-9-1-3-23(17(29)21-9)15-12(27)11(26)8(33-15)6-31-35(36,37)34-14-7(5-25)32-16(13(14)28)24-4-2-10(20)22-18(24)30/h1-4,7-8,11-16,25-28H,5-6H2,(H,36,37)(H2,19,21,29)(H2,20,22,30)/p-1. The monoisotopic (exact) mass is 579 g/mol. The van der Waals surface area contributed by atoms with E-state index in [9.17, 15) is 30.0 Å². The van der Waals surface area contributed by atoms with E-state index >= 15 is 0 Å². The van der Waals surface area contributed by atoms with Crippen LogP contribution in [-0.4, -0.2) is 89.4 Å². The number of hydrogen-bond donors (Lipinski definition) is 6. The Morgan fingerprint density at radius 1 is 0.973 bits per heavy atom. The number of ether oxygens (including phenoxy) is 2. The topological polar surface area (TPSA) is 240 Å². The highest BCUT2D eigenvalue weighted by Crippen LogP contribution is 2.51. The molecular weight excluding hydrogens is 555 g/mol. The van der Waals surface area contributed by atoms with Gasteiger partial charge in [0.25, 0.3) is 0 Å². The molecule has 0 aliphatic carbocycles. The highest BCUT2D eigenvalue weighted by molar-refractivity contribution is 8.51. The highest BCUT2D eigenvalue weighted by Gasteiger charge is 2.47. The molecule has 0 bridgehead atoms. The Morgan fingerprint density at radius 3 is 2.00 bits per heavy atom. The summed E-state index contributed by atoms with van der Waals surface area (Å²) in [6.45, 7) is -1.05. The van der Waals surface area contributed by atoms with Crippen LogP contribution in [-0.2, 0) is 42.6 Å². The Kier molecular flexibility index (Phi) is 8.37. The van der Waals surface area contributed by atoms with Crippen molar-refractivity contribution in [3.05, 3.63) is 45.5 Å². The van der Waals surface area contributed by atoms with Crippen molar-refractivity contribution in [1.29, 1.82) is 0 Å². The summed E-state index contributed by atoms with van der Waals surface area (Å²) in [5.74, 6) is -0.0620. The summed E-state index contributed by atoms with van der Waals surface area (Å²) >= 11 is 10.5. The lowest BCUT2D eigenvalue weighted by atomic mass is 10.1. The first-order valence-electron chi connectivity index (χ1n) is 10.7. The van der Waals surface area contributed by atoms with Crippen molar-refractivity contribution >= 4 is 41.4 Å². The van der Waals surface area contributed by atoms with Crippen molar-refractivity contribution in [1.82, 2.24) is 19.1 Å². The minimum absolute atomic E-state index is 0.0304. The fourth-order valence-corrected chi connectivity index (χ4v) is 5.82. The van der Waals surface area contributed by atoms with Crippen LogP contribution in [0.3, 0.4) is 0 Å². The highest BCUT2D eigenvalue weighted by atomic mass is 32.9. The van der Waals surface area contributed by atoms with Crippen molar-refractivity contribution in [2.75, 3.05) is 24.7 Å². The van der Waals surface area contributed by atoms with E-state index in [1.807, 2.05) is 0 Å². The molecule has 0 saturated carbocycles. The van der Waals surface area contributed by atoms with Crippen molar-refractivity contribution in [2.45, 2.75) is 49.1 Å². The Bertz CT molecular complexity index is 1300. The van der Waals surface area contributed by atoms with Crippen molar-refractivity contribution in [3.8, 4) is 0 Å². The van der Waals surface area contributed by atoms with Crippen molar-refractivity contribution in [3.63, 3.8) is 0 Å². The van der Waals surface area contributed by atoms with E-state index in [4.69, 9.17) is 54.0 Å². The molecule has 4 heterocycles. The summed E-state index contributed by atoms with van der Waals surface area (Å²) in [7, 11) is 0. The second-order valence-electron chi connectivity index (χ2n) is 8.18. The lowest BCUT2D eigenvalue weighted by molar-refractivity contribution is -0.0557. The first-order valence-corrected chi connectivity index (χ1v) is 14.4. The Labute approximate surface area is 218 Å². The number of aromatic nitrogens is 4. The molecule has 0 radical (unpaired) electrons. The van der Waals surface area contributed by atoms with Gasteiger partial charge < -0.3 is 62.7 Å². The van der Waals surface area contributed by atoms with Crippen LogP contribution in [0, 0.1) is 0 Å². The van der Waals surface area contributed by atoms with Crippen molar-refractivity contribution < 1.29 is 38.9 Å². The molecule has 2 aromatic heterocycles. The summed E-state index contributed by atoms with van der Waals surface area (Å²) in [6, 6.07) is 2.64. The molecule has 4 rings (SSSR count). The molecule has 2 aliphatic rings. The van der Waals surface area contributed by atoms with E-state index in [0.717, 1.165) is 9.13 Å². The molecule has 8 N–H and O–H groups in total. The van der Waals surface area contributed by atoms with E-state index in [1.165, 1.54) is 24.5 Å². The van der Waals surface area contributed by atoms with Crippen molar-refractivity contribution in [2.24, 2.45) is 0 Å². The van der Waals surface area contributed by atoms with Gasteiger partial charge in [-0.05, 0) is 12.1 Å². The second kappa shape index (κ2) is 11.0. The van der Waals surface area contributed by atoms with Crippen LogP contribution >= 0.6 is 5.69 Å². The summed E-state index contributed by atoms with van der Waals surface area (Å²) in [5, 5.41) is 41.2. The van der Waals surface area contributed by atoms with Gasteiger partial charge in [-0.2, -0.15) is 9.97 Å². The lowest BCUT2D eigenvalue weighted by Crippen LogP contribution is -2.38. The summed E-state index contributed by atoms with van der Waals surface area (Å²) in [6.07, 6.45) is -8.13. The number of aliphatic hydroxyl groups is 4. The molecular formula is C18H24N6O10PS2-. The Morgan fingerprint density at radius 2 is 1.49 bits per heavy atom. The minimum atomic E-state index is -3.60. The van der Waals surface area contributed by atoms with Gasteiger partial charge in [-0.15, -0.1) is 0 Å². The number of nitrogens with two attached hydrogens (primary N) is 2. The van der Waals surface area contributed by atoms with E-state index in [0.29, 0.717) is 0 Å². The third kappa shape index (κ3) is 5.89. The maximum atomic E-state index is 12.2. The van der Waals surface area contributed by atoms with Crippen LogP contribution in [0.1, 0.15) is 12.5 Å². The SMILES string of the molecule is Nc1ccn(C2OC(COP(=S)([S-])OC3C(CO)OC(n4ccc(N)nc4=O)C3O)C(O)C2O)c(=O)n1. The van der Waals surface area contributed by atoms with Gasteiger partial charge in [0.2, 0.25) is 0 Å². The predicted molar refractivity (Wildman–Crippen MR) is 131 cm³/mol. The van der Waals surface area contributed by atoms with Crippen LogP contribution in [0.25, 0.3) is 0 Å². The van der Waals surface area contributed by atoms with Gasteiger partial charge in [0.05, 0.1) is 18.9 Å². The van der Waals surface area contributed by atoms with Crippen LogP contribution in [0.15, 0.2) is 34.1 Å². The van der Waals surface area contributed by atoms with Gasteiger partial charge in [-0.3, -0.25) is 9.13 Å². The zero-order chi connectivity index (χ0) is 27.1. The molecule has 2 saturated heterocycles. The van der Waals surface area contributed by atoms with Gasteiger partial charge in [0.1, 0.15) is 48.3 Å². The third-order valence-corrected chi connectivity index (χ3v) is 7.84. The van der Waals surface area contributed by atoms with Crippen LogP contribution in [0.5, 0.6) is 0 Å². The molecule has 0 aromatic carbocycles. The zero-order valence-electron chi connectivity index (χ0n) is 18.8. The summed E-state index contributed by atoms with van der Waals surface area (Å²) < 4.78 is 24.2. The van der Waals surface area contributed by atoms with Crippen LogP contribution < -0.4 is 22.8 Å². The number of anilines is 2. The maximum Gasteiger partial charge on any atom is 0.351 e. The minimum Gasteiger partial charge on any atom is -0.691 e. The lowest BCUT2D eigenvalue weighted by Gasteiger charge is -2.34. The molecule has 2 aromatic rings. The Balaban J connectivity index is 1.42. The average molecular weight is 580 g/mol. The zero-order valence-corrected chi connectivity index (χ0v) is 21.3. The summed E-state index contributed by atoms with van der Waals surface area (Å²) in [5.41, 5.74) is 5.74. The molecule has 2 fully saturated rings. The number of hydrogen-bond acceptors (Lipinski definition) is 16. The number of nitrogen functional groups attached to an aromatic ring is 2. The number of nitrogens with zero attached hydrogens (tertiary/aromatic N) is 4. The van der Waals surface area contributed by atoms with Crippen LogP contribution in [0.4, 0.5) is 11.6 Å². The second-order valence-corrected chi connectivity index (χ2v) is 13.1. The first kappa shape index (κ1) is 28.1. The molecule has 37 heavy (non-hydrogen) atoms. The fraction of sp³-hybridized carbons (Fsp3) is 0.556. The van der Waals surface area contributed by atoms with E-state index in [1.54, 1.807) is 0 Å². The normalized spacial score (nSPS) is 33.4. The van der Waals surface area contributed by atoms with Gasteiger partial charge in [0, 0.05) is 12.4 Å². The average Bonchev–Trinajstić information content (AvgIpc) is 3.28. The van der Waals surface area contributed by atoms with Gasteiger partial charge in [0.15, 0.2) is 12.5 Å². The largest absolute Gasteiger partial charge is 0.691 e. The van der Waals surface area contributed by atoms with Crippen LogP contribution in [0.2, 0.25) is 0 Å². The summed E-state index contributed by atoms with van der Waals surface area (Å²) in [4.78, 5) is 31.4. The molecule has 16 nitrogen and oxygen atoms in total.